The zero-order chi connectivity index (χ0) is 12.7. The normalized spacial score (nSPS) is 33.1. The van der Waals surface area contributed by atoms with Crippen molar-refractivity contribution >= 4 is 7.85 Å². The molecule has 1 rings (SSSR count). The molecule has 0 bridgehead atoms. The number of unbranched alkanes of at least 4 members (excludes halogenated alkanes) is 3. The summed E-state index contributed by atoms with van der Waals surface area (Å²) in [7, 11) is 1.90. The van der Waals surface area contributed by atoms with Crippen LogP contribution in [0, 0.1) is 0 Å². The van der Waals surface area contributed by atoms with Crippen LogP contribution >= 0.6 is 0 Å². The van der Waals surface area contributed by atoms with Crippen molar-refractivity contribution in [1.82, 2.24) is 0 Å². The molecule has 5 heteroatoms. The van der Waals surface area contributed by atoms with Gasteiger partial charge in [0.05, 0.1) is 12.1 Å². The van der Waals surface area contributed by atoms with E-state index < -0.39 is 6.10 Å². The van der Waals surface area contributed by atoms with Crippen molar-refractivity contribution in [3.05, 3.63) is 0 Å². The lowest BCUT2D eigenvalue weighted by molar-refractivity contribution is -0.0393. The third-order valence-corrected chi connectivity index (χ3v) is 3.38. The van der Waals surface area contributed by atoms with E-state index in [9.17, 15) is 5.11 Å². The number of ether oxygens (including phenoxy) is 2. The minimum absolute atomic E-state index is 0.0454. The average molecular weight is 243 g/mol. The number of aliphatic hydroxyl groups excluding tert-OH is 1. The van der Waals surface area contributed by atoms with E-state index in [1.54, 1.807) is 0 Å². The van der Waals surface area contributed by atoms with Gasteiger partial charge in [0.15, 0.2) is 0 Å². The van der Waals surface area contributed by atoms with Gasteiger partial charge >= 0.3 is 0 Å². The van der Waals surface area contributed by atoms with Crippen LogP contribution in [0.25, 0.3) is 0 Å². The first-order valence-electron chi connectivity index (χ1n) is 6.85. The number of rotatable bonds is 8. The van der Waals surface area contributed by atoms with Crippen molar-refractivity contribution in [1.29, 1.82) is 0 Å². The Labute approximate surface area is 105 Å². The van der Waals surface area contributed by atoms with E-state index in [0.29, 0.717) is 6.61 Å². The fraction of sp³-hybridized carbons (Fsp3) is 1.00. The summed E-state index contributed by atoms with van der Waals surface area (Å²) in [6.45, 7) is 3.54. The Morgan fingerprint density at radius 2 is 2.00 bits per heavy atom. The maximum absolute atomic E-state index is 9.93. The second kappa shape index (κ2) is 8.09. The van der Waals surface area contributed by atoms with Gasteiger partial charge in [-0.25, -0.2) is 0 Å². The summed E-state index contributed by atoms with van der Waals surface area (Å²) < 4.78 is 11.4. The summed E-state index contributed by atoms with van der Waals surface area (Å²) in [6.07, 6.45) is 4.74. The van der Waals surface area contributed by atoms with E-state index in [4.69, 9.17) is 15.2 Å². The Morgan fingerprint density at radius 1 is 1.29 bits per heavy atom. The predicted octanol–water partition coefficient (Wildman–Crippen LogP) is 0.0196. The summed E-state index contributed by atoms with van der Waals surface area (Å²) in [6, 6.07) is -0.109. The fourth-order valence-electron chi connectivity index (χ4n) is 2.27. The van der Waals surface area contributed by atoms with Gasteiger partial charge in [0.1, 0.15) is 20.1 Å². The molecule has 3 N–H and O–H groups in total. The molecule has 1 heterocycles. The zero-order valence-electron chi connectivity index (χ0n) is 11.1. The summed E-state index contributed by atoms with van der Waals surface area (Å²) in [5.41, 5.74) is 5.43. The molecule has 0 radical (unpaired) electrons. The van der Waals surface area contributed by atoms with Gasteiger partial charge in [-0.3, -0.25) is 0 Å². The van der Waals surface area contributed by atoms with Crippen molar-refractivity contribution < 1.29 is 14.6 Å². The Morgan fingerprint density at radius 3 is 2.65 bits per heavy atom. The van der Waals surface area contributed by atoms with Crippen LogP contribution in [0.2, 0.25) is 0 Å². The van der Waals surface area contributed by atoms with Crippen molar-refractivity contribution in [2.24, 2.45) is 5.73 Å². The SMILES string of the molecule is B[C@@H]1O[C@H](CC)C(OCCCCCCN)[C@@H]1O. The van der Waals surface area contributed by atoms with Crippen LogP contribution < -0.4 is 5.73 Å². The van der Waals surface area contributed by atoms with Gasteiger partial charge in [-0.05, 0) is 25.8 Å². The molecule has 0 saturated carbocycles. The maximum Gasteiger partial charge on any atom is 0.142 e. The van der Waals surface area contributed by atoms with Crippen LogP contribution in [-0.4, -0.2) is 50.4 Å². The third-order valence-electron chi connectivity index (χ3n) is 3.38. The van der Waals surface area contributed by atoms with Crippen LogP contribution in [-0.2, 0) is 9.47 Å². The summed E-state index contributed by atoms with van der Waals surface area (Å²) >= 11 is 0. The predicted molar refractivity (Wildman–Crippen MR) is 70.8 cm³/mol. The van der Waals surface area contributed by atoms with E-state index in [0.717, 1.165) is 38.6 Å². The minimum Gasteiger partial charge on any atom is -0.388 e. The van der Waals surface area contributed by atoms with Crippen molar-refractivity contribution in [3.8, 4) is 0 Å². The molecular weight excluding hydrogens is 217 g/mol. The Balaban J connectivity index is 2.16. The molecule has 1 fully saturated rings. The van der Waals surface area contributed by atoms with Crippen LogP contribution in [0.4, 0.5) is 0 Å². The molecule has 1 saturated heterocycles. The highest BCUT2D eigenvalue weighted by Crippen LogP contribution is 2.24. The van der Waals surface area contributed by atoms with Gasteiger partial charge in [0.2, 0.25) is 0 Å². The maximum atomic E-state index is 9.93. The van der Waals surface area contributed by atoms with Crippen molar-refractivity contribution in [2.45, 2.75) is 63.3 Å². The second-order valence-electron chi connectivity index (χ2n) is 4.82. The van der Waals surface area contributed by atoms with Crippen molar-refractivity contribution in [3.63, 3.8) is 0 Å². The van der Waals surface area contributed by atoms with E-state index in [1.807, 2.05) is 7.85 Å². The van der Waals surface area contributed by atoms with Crippen LogP contribution in [0.1, 0.15) is 39.0 Å². The van der Waals surface area contributed by atoms with Gasteiger partial charge in [-0.1, -0.05) is 19.8 Å². The van der Waals surface area contributed by atoms with E-state index in [1.165, 1.54) is 0 Å². The first-order valence-corrected chi connectivity index (χ1v) is 6.85. The smallest absolute Gasteiger partial charge is 0.142 e. The lowest BCUT2D eigenvalue weighted by Gasteiger charge is -2.20. The first kappa shape index (κ1) is 15.0. The van der Waals surface area contributed by atoms with E-state index in [-0.39, 0.29) is 18.2 Å². The lowest BCUT2D eigenvalue weighted by atomic mass is 9.93. The highest BCUT2D eigenvalue weighted by atomic mass is 16.6. The Kier molecular flexibility index (Phi) is 7.12. The highest BCUT2D eigenvalue weighted by molar-refractivity contribution is 6.11. The Hall–Kier alpha value is -0.0951. The van der Waals surface area contributed by atoms with Gasteiger partial charge in [0, 0.05) is 6.61 Å². The van der Waals surface area contributed by atoms with Crippen LogP contribution in [0.3, 0.4) is 0 Å². The average Bonchev–Trinajstić information content (AvgIpc) is 2.60. The molecule has 100 valence electrons. The zero-order valence-corrected chi connectivity index (χ0v) is 11.1. The third kappa shape index (κ3) is 4.58. The standard InChI is InChI=1S/C12H26BNO3/c1-2-9-11(10(15)12(13)17-9)16-8-6-4-3-5-7-14/h9-12,15H,2-8,13-14H2,1H3/t9-,10+,11?,12-/m1/s1. The molecule has 0 aromatic carbocycles. The summed E-state index contributed by atoms with van der Waals surface area (Å²) in [5, 5.41) is 9.93. The largest absolute Gasteiger partial charge is 0.388 e. The topological polar surface area (TPSA) is 64.7 Å². The first-order chi connectivity index (χ1) is 8.20. The molecule has 0 aromatic heterocycles. The molecule has 1 aliphatic heterocycles. The quantitative estimate of drug-likeness (QED) is 0.466. The van der Waals surface area contributed by atoms with Crippen LogP contribution in [0.5, 0.6) is 0 Å². The second-order valence-corrected chi connectivity index (χ2v) is 4.82. The molecule has 17 heavy (non-hydrogen) atoms. The molecule has 0 aromatic rings. The monoisotopic (exact) mass is 243 g/mol. The van der Waals surface area contributed by atoms with Crippen molar-refractivity contribution in [2.75, 3.05) is 13.2 Å². The molecule has 1 unspecified atom stereocenters. The lowest BCUT2D eigenvalue weighted by Crippen LogP contribution is -2.35. The molecule has 1 aliphatic rings. The van der Waals surface area contributed by atoms with Gasteiger partial charge in [0.25, 0.3) is 0 Å². The van der Waals surface area contributed by atoms with E-state index >= 15 is 0 Å². The summed E-state index contributed by atoms with van der Waals surface area (Å²) in [4.78, 5) is 0. The van der Waals surface area contributed by atoms with Gasteiger partial charge in [-0.15, -0.1) is 0 Å². The summed E-state index contributed by atoms with van der Waals surface area (Å²) in [5.74, 6) is 0. The van der Waals surface area contributed by atoms with Crippen LogP contribution in [0.15, 0.2) is 0 Å². The molecule has 0 spiro atoms. The minimum atomic E-state index is -0.482. The molecular formula is C12H26BNO3. The number of hydrogen-bond donors (Lipinski definition) is 2. The van der Waals surface area contributed by atoms with Gasteiger partial charge in [-0.2, -0.15) is 0 Å². The number of hydrogen-bond acceptors (Lipinski definition) is 4. The molecule has 4 atom stereocenters. The fourth-order valence-corrected chi connectivity index (χ4v) is 2.27. The molecule has 0 amide bonds. The highest BCUT2D eigenvalue weighted by Gasteiger charge is 2.40. The van der Waals surface area contributed by atoms with Gasteiger partial charge < -0.3 is 20.3 Å². The Bertz CT molecular complexity index is 206. The van der Waals surface area contributed by atoms with E-state index in [2.05, 4.69) is 6.92 Å². The number of aliphatic hydroxyl groups is 1. The number of nitrogens with two attached hydrogens (primary N) is 1. The molecule has 0 aliphatic carbocycles. The molecule has 4 nitrogen and oxygen atoms in total.